The molecule has 0 amide bonds. The molecule has 3 atom stereocenters. The molecular weight excluding hydrogens is 435 g/mol. The first-order chi connectivity index (χ1) is 17.2. The van der Waals surface area contributed by atoms with Crippen LogP contribution in [0.4, 0.5) is 4.39 Å². The van der Waals surface area contributed by atoms with Crippen LogP contribution >= 0.6 is 0 Å². The summed E-state index contributed by atoms with van der Waals surface area (Å²) < 4.78 is 13.5. The Morgan fingerprint density at radius 1 is 1.03 bits per heavy atom. The lowest BCUT2D eigenvalue weighted by Gasteiger charge is -2.28. The molecule has 184 valence electrons. The van der Waals surface area contributed by atoms with Crippen LogP contribution in [0.2, 0.25) is 0 Å². The predicted molar refractivity (Wildman–Crippen MR) is 142 cm³/mol. The predicted octanol–water partition coefficient (Wildman–Crippen LogP) is 6.68. The molecule has 3 aromatic rings. The van der Waals surface area contributed by atoms with E-state index in [1.807, 2.05) is 12.1 Å². The van der Waals surface area contributed by atoms with E-state index in [-0.39, 0.29) is 11.4 Å². The van der Waals surface area contributed by atoms with Crippen molar-refractivity contribution < 1.29 is 9.23 Å². The summed E-state index contributed by atoms with van der Waals surface area (Å²) in [5, 5.41) is 6.24. The smallest absolute Gasteiger partial charge is 0.123 e. The number of benzene rings is 3. The van der Waals surface area contributed by atoms with E-state index in [2.05, 4.69) is 66.3 Å². The van der Waals surface area contributed by atoms with Crippen molar-refractivity contribution in [3.63, 3.8) is 0 Å². The van der Waals surface area contributed by atoms with E-state index >= 15 is 0 Å². The van der Waals surface area contributed by atoms with Gasteiger partial charge in [-0.3, -0.25) is 4.84 Å². The van der Waals surface area contributed by atoms with Crippen LogP contribution in [0.3, 0.4) is 0 Å². The lowest BCUT2D eigenvalue weighted by Crippen LogP contribution is -2.37. The van der Waals surface area contributed by atoms with Crippen LogP contribution in [0, 0.1) is 17.7 Å². The molecule has 3 aromatic carbocycles. The Labute approximate surface area is 208 Å². The second-order valence-corrected chi connectivity index (χ2v) is 10.3. The minimum absolute atomic E-state index is 0.0575. The van der Waals surface area contributed by atoms with Crippen molar-refractivity contribution in [1.82, 2.24) is 10.8 Å². The fraction of sp³-hybridized carbons (Fsp3) is 0.419. The number of hydroxylamine groups is 1. The van der Waals surface area contributed by atoms with Gasteiger partial charge in [-0.05, 0) is 91.0 Å². The van der Waals surface area contributed by atoms with Crippen molar-refractivity contribution >= 4 is 16.3 Å². The van der Waals surface area contributed by atoms with Gasteiger partial charge in [0.25, 0.3) is 0 Å². The van der Waals surface area contributed by atoms with E-state index in [4.69, 9.17) is 4.84 Å². The van der Waals surface area contributed by atoms with Crippen molar-refractivity contribution in [2.75, 3.05) is 19.6 Å². The number of hydrogen-bond acceptors (Lipinski definition) is 3. The van der Waals surface area contributed by atoms with Crippen LogP contribution in [0.1, 0.15) is 50.2 Å². The Morgan fingerprint density at radius 2 is 1.86 bits per heavy atom. The zero-order valence-electron chi connectivity index (χ0n) is 20.7. The molecule has 2 saturated heterocycles. The molecular formula is C31H37FN2O. The Kier molecular flexibility index (Phi) is 7.62. The largest absolute Gasteiger partial charge is 0.313 e. The summed E-state index contributed by atoms with van der Waals surface area (Å²) in [5.41, 5.74) is 6.99. The van der Waals surface area contributed by atoms with Crippen LogP contribution in [0.15, 0.2) is 72.8 Å². The van der Waals surface area contributed by atoms with Gasteiger partial charge in [-0.25, -0.2) is 9.87 Å². The normalized spacial score (nSPS) is 23.0. The van der Waals surface area contributed by atoms with Gasteiger partial charge in [0.2, 0.25) is 0 Å². The molecule has 35 heavy (non-hydrogen) atoms. The Morgan fingerprint density at radius 3 is 2.71 bits per heavy atom. The molecule has 0 aliphatic carbocycles. The lowest BCUT2D eigenvalue weighted by molar-refractivity contribution is -0.0601. The van der Waals surface area contributed by atoms with Gasteiger partial charge in [0, 0.05) is 25.6 Å². The summed E-state index contributed by atoms with van der Waals surface area (Å²) in [4.78, 5) is 6.10. The molecule has 2 fully saturated rings. The van der Waals surface area contributed by atoms with Gasteiger partial charge in [0.05, 0.1) is 0 Å². The average molecular weight is 473 g/mol. The van der Waals surface area contributed by atoms with E-state index in [9.17, 15) is 4.39 Å². The van der Waals surface area contributed by atoms with Crippen LogP contribution in [-0.4, -0.2) is 25.2 Å². The van der Waals surface area contributed by atoms with Crippen LogP contribution in [-0.2, 0) is 11.3 Å². The zero-order valence-corrected chi connectivity index (χ0v) is 20.7. The second-order valence-electron chi connectivity index (χ2n) is 10.3. The molecule has 0 radical (unpaired) electrons. The highest BCUT2D eigenvalue weighted by molar-refractivity contribution is 5.85. The zero-order chi connectivity index (χ0) is 24.1. The standard InChI is InChI=1S/C31H37FN2O/c1-2-24(25-14-16-29(32)17-15-25)12-10-23(18-19-31-22-33-20-28(31)21-34-35-31)11-13-27-8-5-7-26-6-3-4-9-30(26)27/h2-9,14-17,23,28,33-34H,10-13,18-22H2,1H3. The fourth-order valence-corrected chi connectivity index (χ4v) is 6.03. The van der Waals surface area contributed by atoms with Gasteiger partial charge in [0.15, 0.2) is 0 Å². The molecule has 0 aromatic heterocycles. The Hall–Kier alpha value is -2.53. The summed E-state index contributed by atoms with van der Waals surface area (Å²) in [6, 6.07) is 22.3. The minimum atomic E-state index is -0.179. The maximum Gasteiger partial charge on any atom is 0.123 e. The number of rotatable bonds is 10. The number of halogens is 1. The van der Waals surface area contributed by atoms with Gasteiger partial charge in [-0.1, -0.05) is 60.7 Å². The SMILES string of the molecule is CC=C(CCC(CCc1cccc2ccccc12)CCC12CNCC1CNO2)c1ccc(F)cc1. The maximum absolute atomic E-state index is 13.5. The van der Waals surface area contributed by atoms with Crippen LogP contribution in [0.5, 0.6) is 0 Å². The third-order valence-corrected chi connectivity index (χ3v) is 8.23. The number of fused-ring (bicyclic) bond motifs is 2. The van der Waals surface area contributed by atoms with E-state index in [1.165, 1.54) is 21.9 Å². The molecule has 0 spiro atoms. The average Bonchev–Trinajstić information content (AvgIpc) is 3.47. The third-order valence-electron chi connectivity index (χ3n) is 8.23. The highest BCUT2D eigenvalue weighted by atomic mass is 19.1. The van der Waals surface area contributed by atoms with E-state index in [0.717, 1.165) is 63.7 Å². The fourth-order valence-electron chi connectivity index (χ4n) is 6.03. The molecule has 2 aliphatic rings. The van der Waals surface area contributed by atoms with Crippen molar-refractivity contribution in [2.24, 2.45) is 11.8 Å². The first-order valence-corrected chi connectivity index (χ1v) is 13.2. The monoisotopic (exact) mass is 472 g/mol. The van der Waals surface area contributed by atoms with Crippen molar-refractivity contribution in [2.45, 2.75) is 51.0 Å². The van der Waals surface area contributed by atoms with E-state index in [0.29, 0.717) is 11.8 Å². The van der Waals surface area contributed by atoms with Gasteiger partial charge in [0.1, 0.15) is 11.4 Å². The molecule has 0 saturated carbocycles. The first-order valence-electron chi connectivity index (χ1n) is 13.2. The highest BCUT2D eigenvalue weighted by Crippen LogP contribution is 2.37. The summed E-state index contributed by atoms with van der Waals surface area (Å²) in [7, 11) is 0. The molecule has 4 heteroatoms. The number of hydrogen-bond donors (Lipinski definition) is 2. The quantitative estimate of drug-likeness (QED) is 0.345. The molecule has 2 N–H and O–H groups in total. The lowest BCUT2D eigenvalue weighted by atomic mass is 9.81. The number of aryl methyl sites for hydroxylation is 1. The number of allylic oxidation sites excluding steroid dienone is 2. The maximum atomic E-state index is 13.5. The van der Waals surface area contributed by atoms with Gasteiger partial charge in [-0.2, -0.15) is 0 Å². The van der Waals surface area contributed by atoms with E-state index < -0.39 is 0 Å². The number of nitrogens with one attached hydrogen (secondary N) is 2. The second kappa shape index (κ2) is 11.0. The van der Waals surface area contributed by atoms with Crippen molar-refractivity contribution in [3.05, 3.63) is 89.8 Å². The van der Waals surface area contributed by atoms with Crippen molar-refractivity contribution in [3.8, 4) is 0 Å². The molecule has 2 aliphatic heterocycles. The van der Waals surface area contributed by atoms with Crippen LogP contribution < -0.4 is 10.8 Å². The van der Waals surface area contributed by atoms with Crippen LogP contribution in [0.25, 0.3) is 16.3 Å². The van der Waals surface area contributed by atoms with Gasteiger partial charge in [-0.15, -0.1) is 0 Å². The Balaban J connectivity index is 1.29. The third kappa shape index (κ3) is 5.50. The summed E-state index contributed by atoms with van der Waals surface area (Å²) in [6.45, 7) is 5.02. The summed E-state index contributed by atoms with van der Waals surface area (Å²) in [6.07, 6.45) is 8.82. The molecule has 2 heterocycles. The van der Waals surface area contributed by atoms with Crippen molar-refractivity contribution in [1.29, 1.82) is 0 Å². The highest BCUT2D eigenvalue weighted by Gasteiger charge is 2.48. The summed E-state index contributed by atoms with van der Waals surface area (Å²) >= 11 is 0. The topological polar surface area (TPSA) is 33.3 Å². The Bertz CT molecular complexity index is 1140. The molecule has 3 unspecified atom stereocenters. The van der Waals surface area contributed by atoms with E-state index in [1.54, 1.807) is 12.1 Å². The van der Waals surface area contributed by atoms with Gasteiger partial charge < -0.3 is 5.32 Å². The molecule has 3 nitrogen and oxygen atoms in total. The first kappa shape index (κ1) is 24.2. The van der Waals surface area contributed by atoms with Gasteiger partial charge >= 0.3 is 0 Å². The summed E-state index contributed by atoms with van der Waals surface area (Å²) in [5.74, 6) is 0.983. The minimum Gasteiger partial charge on any atom is -0.313 e. The molecule has 5 rings (SSSR count). The molecule has 0 bridgehead atoms.